The van der Waals surface area contributed by atoms with Crippen LogP contribution < -0.4 is 5.73 Å². The highest BCUT2D eigenvalue weighted by molar-refractivity contribution is 7.13. The van der Waals surface area contributed by atoms with E-state index in [1.807, 2.05) is 59.7 Å². The number of thiophene rings is 1. The first-order valence-corrected chi connectivity index (χ1v) is 10.1. The smallest absolute Gasteiger partial charge is 0.293 e. The van der Waals surface area contributed by atoms with Crippen molar-refractivity contribution in [2.75, 3.05) is 13.1 Å². The summed E-state index contributed by atoms with van der Waals surface area (Å²) in [6, 6.07) is 13.9. The van der Waals surface area contributed by atoms with Gasteiger partial charge in [-0.25, -0.2) is 9.67 Å². The van der Waals surface area contributed by atoms with Gasteiger partial charge in [-0.05, 0) is 49.3 Å². The second-order valence-corrected chi connectivity index (χ2v) is 7.92. The molecule has 0 bridgehead atoms. The first-order chi connectivity index (χ1) is 13.1. The van der Waals surface area contributed by atoms with Crippen LogP contribution in [0.4, 0.5) is 0 Å². The van der Waals surface area contributed by atoms with Crippen LogP contribution in [0.25, 0.3) is 16.4 Å². The second-order valence-electron chi connectivity index (χ2n) is 6.97. The second kappa shape index (κ2) is 7.62. The number of hydrogen-bond donors (Lipinski definition) is 1. The molecule has 0 radical (unpaired) electrons. The van der Waals surface area contributed by atoms with E-state index in [9.17, 15) is 4.79 Å². The summed E-state index contributed by atoms with van der Waals surface area (Å²) in [5.41, 5.74) is 6.90. The van der Waals surface area contributed by atoms with E-state index < -0.39 is 0 Å². The van der Waals surface area contributed by atoms with E-state index >= 15 is 0 Å². The molecule has 4 rings (SSSR count). The van der Waals surface area contributed by atoms with Crippen molar-refractivity contribution in [1.82, 2.24) is 19.7 Å². The van der Waals surface area contributed by atoms with Crippen LogP contribution in [0.5, 0.6) is 0 Å². The van der Waals surface area contributed by atoms with Crippen molar-refractivity contribution in [3.8, 4) is 16.4 Å². The van der Waals surface area contributed by atoms with Crippen LogP contribution in [-0.4, -0.2) is 44.7 Å². The third kappa shape index (κ3) is 3.65. The number of hydrogen-bond acceptors (Lipinski definition) is 5. The number of carbonyl (C=O) groups excluding carboxylic acids is 1. The summed E-state index contributed by atoms with van der Waals surface area (Å²) in [6.45, 7) is 3.46. The summed E-state index contributed by atoms with van der Waals surface area (Å²) in [5.74, 6) is 1.32. The highest BCUT2D eigenvalue weighted by Crippen LogP contribution is 2.26. The molecule has 7 heteroatoms. The number of para-hydroxylation sites is 1. The lowest BCUT2D eigenvalue weighted by atomic mass is 9.91. The molecule has 27 heavy (non-hydrogen) atoms. The lowest BCUT2D eigenvalue weighted by Crippen LogP contribution is -2.42. The van der Waals surface area contributed by atoms with Crippen LogP contribution in [-0.2, 0) is 0 Å². The zero-order chi connectivity index (χ0) is 18.8. The lowest BCUT2D eigenvalue weighted by Gasteiger charge is -2.33. The SMILES string of the molecule is CC(N)C1CCN(C(=O)c2nc(-c3cccs3)n(-c3ccccc3)n2)CC1. The minimum absolute atomic E-state index is 0.106. The van der Waals surface area contributed by atoms with E-state index in [4.69, 9.17) is 5.73 Å². The monoisotopic (exact) mass is 381 g/mol. The Balaban J connectivity index is 1.63. The van der Waals surface area contributed by atoms with Gasteiger partial charge in [0.15, 0.2) is 5.82 Å². The molecule has 6 nitrogen and oxygen atoms in total. The molecule has 0 aliphatic carbocycles. The quantitative estimate of drug-likeness (QED) is 0.753. The number of amides is 1. The average Bonchev–Trinajstić information content (AvgIpc) is 3.38. The third-order valence-corrected chi connectivity index (χ3v) is 5.98. The molecule has 2 aromatic heterocycles. The molecule has 1 saturated heterocycles. The number of piperidine rings is 1. The summed E-state index contributed by atoms with van der Waals surface area (Å²) in [5, 5.41) is 6.56. The van der Waals surface area contributed by atoms with Crippen molar-refractivity contribution in [3.05, 3.63) is 53.7 Å². The minimum atomic E-state index is -0.106. The Kier molecular flexibility index (Phi) is 5.05. The largest absolute Gasteiger partial charge is 0.336 e. The molecule has 1 amide bonds. The van der Waals surface area contributed by atoms with Gasteiger partial charge < -0.3 is 10.6 Å². The van der Waals surface area contributed by atoms with Gasteiger partial charge in [0, 0.05) is 19.1 Å². The van der Waals surface area contributed by atoms with Crippen molar-refractivity contribution >= 4 is 17.2 Å². The summed E-state index contributed by atoms with van der Waals surface area (Å²) >= 11 is 1.59. The van der Waals surface area contributed by atoms with Crippen molar-refractivity contribution in [2.24, 2.45) is 11.7 Å². The molecule has 140 valence electrons. The number of nitrogens with two attached hydrogens (primary N) is 1. The highest BCUT2D eigenvalue weighted by atomic mass is 32.1. The third-order valence-electron chi connectivity index (χ3n) is 5.11. The van der Waals surface area contributed by atoms with Crippen molar-refractivity contribution in [1.29, 1.82) is 0 Å². The van der Waals surface area contributed by atoms with Gasteiger partial charge in [-0.1, -0.05) is 24.3 Å². The van der Waals surface area contributed by atoms with Gasteiger partial charge in [-0.15, -0.1) is 16.4 Å². The molecular formula is C20H23N5OS. The van der Waals surface area contributed by atoms with Gasteiger partial charge in [0.05, 0.1) is 10.6 Å². The molecule has 3 heterocycles. The Morgan fingerprint density at radius 2 is 1.93 bits per heavy atom. The standard InChI is InChI=1S/C20H23N5OS/c1-14(21)15-9-11-24(12-10-15)20(26)18-22-19(17-8-5-13-27-17)25(23-18)16-6-3-2-4-7-16/h2-8,13-15H,9-12,21H2,1H3. The maximum atomic E-state index is 13.0. The van der Waals surface area contributed by atoms with E-state index in [0.717, 1.165) is 23.4 Å². The maximum absolute atomic E-state index is 13.0. The van der Waals surface area contributed by atoms with Gasteiger partial charge in [-0.3, -0.25) is 4.79 Å². The van der Waals surface area contributed by atoms with E-state index in [1.165, 1.54) is 0 Å². The molecular weight excluding hydrogens is 358 g/mol. The van der Waals surface area contributed by atoms with Crippen LogP contribution in [0.3, 0.4) is 0 Å². The fourth-order valence-electron chi connectivity index (χ4n) is 3.49. The van der Waals surface area contributed by atoms with Crippen molar-refractivity contribution < 1.29 is 4.79 Å². The van der Waals surface area contributed by atoms with Crippen LogP contribution in [0, 0.1) is 5.92 Å². The first kappa shape index (κ1) is 17.9. The van der Waals surface area contributed by atoms with Crippen LogP contribution >= 0.6 is 11.3 Å². The highest BCUT2D eigenvalue weighted by Gasteiger charge is 2.28. The molecule has 1 aliphatic rings. The summed E-state index contributed by atoms with van der Waals surface area (Å²) in [4.78, 5) is 20.4. The summed E-state index contributed by atoms with van der Waals surface area (Å²) in [7, 11) is 0. The number of likely N-dealkylation sites (tertiary alicyclic amines) is 1. The van der Waals surface area contributed by atoms with Crippen LogP contribution in [0.2, 0.25) is 0 Å². The molecule has 0 spiro atoms. The van der Waals surface area contributed by atoms with Crippen LogP contribution in [0.15, 0.2) is 47.8 Å². The van der Waals surface area contributed by atoms with E-state index in [2.05, 4.69) is 10.1 Å². The summed E-state index contributed by atoms with van der Waals surface area (Å²) < 4.78 is 1.76. The first-order valence-electron chi connectivity index (χ1n) is 9.24. The molecule has 1 aliphatic heterocycles. The topological polar surface area (TPSA) is 77.0 Å². The predicted octanol–water partition coefficient (Wildman–Crippen LogP) is 3.20. The number of benzene rings is 1. The van der Waals surface area contributed by atoms with Gasteiger partial charge >= 0.3 is 0 Å². The van der Waals surface area contributed by atoms with E-state index in [-0.39, 0.29) is 17.8 Å². The fourth-order valence-corrected chi connectivity index (χ4v) is 4.19. The van der Waals surface area contributed by atoms with Gasteiger partial charge in [0.2, 0.25) is 5.82 Å². The van der Waals surface area contributed by atoms with Gasteiger partial charge in [0.25, 0.3) is 5.91 Å². The van der Waals surface area contributed by atoms with Crippen molar-refractivity contribution in [2.45, 2.75) is 25.8 Å². The molecule has 1 fully saturated rings. The predicted molar refractivity (Wildman–Crippen MR) is 107 cm³/mol. The number of carbonyl (C=O) groups is 1. The van der Waals surface area contributed by atoms with E-state index in [1.54, 1.807) is 16.0 Å². The lowest BCUT2D eigenvalue weighted by molar-refractivity contribution is 0.0669. The minimum Gasteiger partial charge on any atom is -0.336 e. The zero-order valence-corrected chi connectivity index (χ0v) is 16.1. The maximum Gasteiger partial charge on any atom is 0.293 e. The number of nitrogens with zero attached hydrogens (tertiary/aromatic N) is 4. The number of aromatic nitrogens is 3. The Labute approximate surface area is 162 Å². The Bertz CT molecular complexity index is 896. The van der Waals surface area contributed by atoms with Gasteiger partial charge in [0.1, 0.15) is 0 Å². The Morgan fingerprint density at radius 3 is 2.56 bits per heavy atom. The molecule has 1 unspecified atom stereocenters. The summed E-state index contributed by atoms with van der Waals surface area (Å²) in [6.07, 6.45) is 1.86. The fraction of sp³-hybridized carbons (Fsp3) is 0.350. The molecule has 2 N–H and O–H groups in total. The Morgan fingerprint density at radius 1 is 1.19 bits per heavy atom. The average molecular weight is 382 g/mol. The van der Waals surface area contributed by atoms with Crippen LogP contribution in [0.1, 0.15) is 30.4 Å². The molecule has 0 saturated carbocycles. The Hall–Kier alpha value is -2.51. The van der Waals surface area contributed by atoms with Crippen molar-refractivity contribution in [3.63, 3.8) is 0 Å². The zero-order valence-electron chi connectivity index (χ0n) is 15.3. The molecule has 3 aromatic rings. The molecule has 1 atom stereocenters. The molecule has 1 aromatic carbocycles. The number of rotatable bonds is 4. The van der Waals surface area contributed by atoms with E-state index in [0.29, 0.717) is 24.8 Å². The van der Waals surface area contributed by atoms with Gasteiger partial charge in [-0.2, -0.15) is 0 Å². The normalized spacial score (nSPS) is 16.4.